The molecule has 0 saturated heterocycles. The Labute approximate surface area is 55.4 Å². The molecule has 0 aromatic heterocycles. The summed E-state index contributed by atoms with van der Waals surface area (Å²) < 4.78 is 0. The first kappa shape index (κ1) is 8.88. The number of rotatable bonds is 0. The Morgan fingerprint density at radius 3 is 1.67 bits per heavy atom. The monoisotopic (exact) mass is 133 g/mol. The van der Waals surface area contributed by atoms with Crippen molar-refractivity contribution in [2.75, 3.05) is 0 Å². The predicted octanol–water partition coefficient (Wildman–Crippen LogP) is 0.646. The molecule has 0 aromatic rings. The van der Waals surface area contributed by atoms with Crippen LogP contribution < -0.4 is 5.90 Å². The minimum atomic E-state index is 0.0359. The zero-order valence-electron chi connectivity index (χ0n) is 5.58. The van der Waals surface area contributed by atoms with Crippen molar-refractivity contribution in [2.45, 2.75) is 38.2 Å². The lowest BCUT2D eigenvalue weighted by Gasteiger charge is -2.14. The average molecular weight is 133 g/mol. The molecule has 1 aliphatic rings. The zero-order valence-corrected chi connectivity index (χ0v) is 5.58. The Morgan fingerprint density at radius 2 is 1.44 bits per heavy atom. The first-order valence-electron chi connectivity index (χ1n) is 3.33. The molecular formula is C6H15NO2. The number of aliphatic hydroxyl groups excluding tert-OH is 1. The van der Waals surface area contributed by atoms with Gasteiger partial charge < -0.3 is 10.3 Å². The van der Waals surface area contributed by atoms with Gasteiger partial charge in [-0.25, -0.2) is 5.90 Å². The summed E-state index contributed by atoms with van der Waals surface area (Å²) in [5.41, 5.74) is 0. The fourth-order valence-electron chi connectivity index (χ4n) is 1.08. The minimum Gasteiger partial charge on any atom is -0.393 e. The number of aliphatic hydroxyl groups is 1. The van der Waals surface area contributed by atoms with E-state index in [4.69, 9.17) is 10.3 Å². The number of hydrogen-bond donors (Lipinski definition) is 3. The standard InChI is InChI=1S/C6H12O.H3NO/c7-6-4-2-1-3-5-6;1-2/h6-7H,1-5H2;2H,1H2. The average Bonchev–Trinajstić information content (AvgIpc) is 1.94. The number of nitrogens with two attached hydrogens (primary N) is 1. The quantitative estimate of drug-likeness (QED) is 0.425. The molecule has 56 valence electrons. The van der Waals surface area contributed by atoms with Gasteiger partial charge in [0.25, 0.3) is 0 Å². The lowest BCUT2D eigenvalue weighted by atomic mass is 9.98. The van der Waals surface area contributed by atoms with Crippen LogP contribution in [0.2, 0.25) is 0 Å². The van der Waals surface area contributed by atoms with Crippen molar-refractivity contribution in [3.05, 3.63) is 0 Å². The van der Waals surface area contributed by atoms with E-state index in [0.29, 0.717) is 0 Å². The van der Waals surface area contributed by atoms with Crippen LogP contribution in [0.5, 0.6) is 0 Å². The number of hydrogen-bond acceptors (Lipinski definition) is 3. The van der Waals surface area contributed by atoms with Crippen LogP contribution in [0.4, 0.5) is 0 Å². The molecule has 1 aliphatic carbocycles. The van der Waals surface area contributed by atoms with E-state index in [1.54, 1.807) is 0 Å². The van der Waals surface area contributed by atoms with Crippen molar-refractivity contribution in [3.63, 3.8) is 0 Å². The second-order valence-corrected chi connectivity index (χ2v) is 2.29. The van der Waals surface area contributed by atoms with Gasteiger partial charge >= 0.3 is 0 Å². The Kier molecular flexibility index (Phi) is 5.93. The highest BCUT2D eigenvalue weighted by molar-refractivity contribution is 4.61. The van der Waals surface area contributed by atoms with E-state index in [0.717, 1.165) is 12.8 Å². The molecule has 0 spiro atoms. The van der Waals surface area contributed by atoms with Crippen LogP contribution in [0.25, 0.3) is 0 Å². The summed E-state index contributed by atoms with van der Waals surface area (Å²) in [6, 6.07) is 0. The molecule has 0 aliphatic heterocycles. The van der Waals surface area contributed by atoms with Crippen LogP contribution in [0.1, 0.15) is 32.1 Å². The first-order chi connectivity index (χ1) is 4.39. The maximum Gasteiger partial charge on any atom is 0.0540 e. The van der Waals surface area contributed by atoms with Gasteiger partial charge in [0.05, 0.1) is 6.10 Å². The predicted molar refractivity (Wildman–Crippen MR) is 35.1 cm³/mol. The Balaban J connectivity index is 0.000000291. The van der Waals surface area contributed by atoms with E-state index in [1.807, 2.05) is 0 Å². The van der Waals surface area contributed by atoms with Crippen molar-refractivity contribution in [3.8, 4) is 0 Å². The summed E-state index contributed by atoms with van der Waals surface area (Å²) in [5, 5.41) is 15.4. The van der Waals surface area contributed by atoms with E-state index < -0.39 is 0 Å². The SMILES string of the molecule is NO.OC1CCCCC1. The lowest BCUT2D eigenvalue weighted by molar-refractivity contribution is 0.130. The molecule has 0 bridgehead atoms. The maximum absolute atomic E-state index is 8.91. The molecule has 1 rings (SSSR count). The van der Waals surface area contributed by atoms with Crippen molar-refractivity contribution < 1.29 is 10.3 Å². The Morgan fingerprint density at radius 1 is 1.00 bits per heavy atom. The lowest BCUT2D eigenvalue weighted by Crippen LogP contribution is -2.09. The second kappa shape index (κ2) is 6.01. The third kappa shape index (κ3) is 4.39. The maximum atomic E-state index is 8.91. The summed E-state index contributed by atoms with van der Waals surface area (Å²) in [5.74, 6) is 3.50. The van der Waals surface area contributed by atoms with Crippen LogP contribution in [-0.4, -0.2) is 16.4 Å². The molecule has 0 unspecified atom stereocenters. The van der Waals surface area contributed by atoms with Gasteiger partial charge in [0.1, 0.15) is 0 Å². The topological polar surface area (TPSA) is 66.5 Å². The highest BCUT2D eigenvalue weighted by Crippen LogP contribution is 2.16. The first-order valence-corrected chi connectivity index (χ1v) is 3.33. The summed E-state index contributed by atoms with van der Waals surface area (Å²) >= 11 is 0. The summed E-state index contributed by atoms with van der Waals surface area (Å²) in [6.07, 6.45) is 5.92. The van der Waals surface area contributed by atoms with Crippen molar-refractivity contribution in [1.29, 1.82) is 0 Å². The second-order valence-electron chi connectivity index (χ2n) is 2.29. The smallest absolute Gasteiger partial charge is 0.0540 e. The van der Waals surface area contributed by atoms with Gasteiger partial charge in [0.15, 0.2) is 0 Å². The van der Waals surface area contributed by atoms with Gasteiger partial charge in [-0.15, -0.1) is 0 Å². The highest BCUT2D eigenvalue weighted by Gasteiger charge is 2.07. The molecular weight excluding hydrogens is 118 g/mol. The van der Waals surface area contributed by atoms with Gasteiger partial charge in [0, 0.05) is 0 Å². The van der Waals surface area contributed by atoms with Gasteiger partial charge in [-0.05, 0) is 12.8 Å². The van der Waals surface area contributed by atoms with E-state index in [-0.39, 0.29) is 6.10 Å². The molecule has 0 radical (unpaired) electrons. The van der Waals surface area contributed by atoms with E-state index in [1.165, 1.54) is 19.3 Å². The molecule has 3 nitrogen and oxygen atoms in total. The van der Waals surface area contributed by atoms with Crippen LogP contribution in [0, 0.1) is 0 Å². The molecule has 0 aromatic carbocycles. The third-order valence-corrected chi connectivity index (χ3v) is 1.57. The minimum absolute atomic E-state index is 0.0359. The van der Waals surface area contributed by atoms with Crippen LogP contribution in [0.15, 0.2) is 0 Å². The summed E-state index contributed by atoms with van der Waals surface area (Å²) in [6.45, 7) is 0. The molecule has 1 saturated carbocycles. The summed E-state index contributed by atoms with van der Waals surface area (Å²) in [7, 11) is 0. The van der Waals surface area contributed by atoms with E-state index in [2.05, 4.69) is 5.90 Å². The van der Waals surface area contributed by atoms with Gasteiger partial charge in [-0.1, -0.05) is 19.3 Å². The van der Waals surface area contributed by atoms with Crippen molar-refractivity contribution >= 4 is 0 Å². The Bertz CT molecular complexity index is 53.0. The van der Waals surface area contributed by atoms with Crippen LogP contribution in [-0.2, 0) is 0 Å². The fraction of sp³-hybridized carbons (Fsp3) is 1.00. The van der Waals surface area contributed by atoms with Gasteiger partial charge in [-0.3, -0.25) is 0 Å². The molecule has 1 fully saturated rings. The fourth-order valence-corrected chi connectivity index (χ4v) is 1.08. The normalized spacial score (nSPS) is 20.3. The zero-order chi connectivity index (χ0) is 7.11. The van der Waals surface area contributed by atoms with Gasteiger partial charge in [-0.2, -0.15) is 0 Å². The van der Waals surface area contributed by atoms with Crippen molar-refractivity contribution in [2.24, 2.45) is 5.90 Å². The van der Waals surface area contributed by atoms with Gasteiger partial charge in [0.2, 0.25) is 0 Å². The molecule has 0 heterocycles. The largest absolute Gasteiger partial charge is 0.393 e. The van der Waals surface area contributed by atoms with Crippen LogP contribution >= 0.6 is 0 Å². The van der Waals surface area contributed by atoms with Crippen molar-refractivity contribution in [1.82, 2.24) is 0 Å². The molecule has 4 N–H and O–H groups in total. The molecule has 0 atom stereocenters. The molecule has 9 heavy (non-hydrogen) atoms. The molecule has 0 amide bonds. The van der Waals surface area contributed by atoms with E-state index in [9.17, 15) is 0 Å². The van der Waals surface area contributed by atoms with Crippen LogP contribution in [0.3, 0.4) is 0 Å². The highest BCUT2D eigenvalue weighted by atomic mass is 16.4. The third-order valence-electron chi connectivity index (χ3n) is 1.57. The van der Waals surface area contributed by atoms with E-state index >= 15 is 0 Å². The Hall–Kier alpha value is -0.120. The summed E-state index contributed by atoms with van der Waals surface area (Å²) in [4.78, 5) is 0. The molecule has 3 heteroatoms.